The number of anilines is 1. The fourth-order valence-corrected chi connectivity index (χ4v) is 2.29. The van der Waals surface area contributed by atoms with Crippen LogP contribution in [0.2, 0.25) is 0 Å². The SMILES string of the molecule is COC(=O)c1cccc(N)c1SC(C)C(C)O. The van der Waals surface area contributed by atoms with Crippen molar-refractivity contribution in [2.75, 3.05) is 12.8 Å². The predicted octanol–water partition coefficient (Wildman–Crippen LogP) is 1.92. The van der Waals surface area contributed by atoms with Gasteiger partial charge in [-0.3, -0.25) is 0 Å². The van der Waals surface area contributed by atoms with Crippen molar-refractivity contribution in [3.05, 3.63) is 23.8 Å². The average Bonchev–Trinajstić information content (AvgIpc) is 2.30. The molecule has 94 valence electrons. The molecule has 1 rings (SSSR count). The van der Waals surface area contributed by atoms with Crippen LogP contribution in [0.3, 0.4) is 0 Å². The number of nitrogen functional groups attached to an aromatic ring is 1. The summed E-state index contributed by atoms with van der Waals surface area (Å²) in [4.78, 5) is 12.2. The first-order chi connectivity index (χ1) is 7.97. The topological polar surface area (TPSA) is 72.5 Å². The summed E-state index contributed by atoms with van der Waals surface area (Å²) in [6.45, 7) is 3.58. The van der Waals surface area contributed by atoms with Gasteiger partial charge in [-0.25, -0.2) is 4.79 Å². The highest BCUT2D eigenvalue weighted by atomic mass is 32.2. The molecule has 0 aliphatic rings. The lowest BCUT2D eigenvalue weighted by Gasteiger charge is -2.17. The standard InChI is InChI=1S/C12H17NO3S/c1-7(14)8(2)17-11-9(12(15)16-3)5-4-6-10(11)13/h4-8,14H,13H2,1-3H3. The number of aliphatic hydroxyl groups is 1. The Balaban J connectivity index is 3.08. The van der Waals surface area contributed by atoms with Crippen LogP contribution >= 0.6 is 11.8 Å². The number of carbonyl (C=O) groups is 1. The maximum Gasteiger partial charge on any atom is 0.339 e. The third-order valence-electron chi connectivity index (χ3n) is 2.43. The molecule has 1 aromatic carbocycles. The molecule has 0 heterocycles. The Bertz CT molecular complexity index is 407. The average molecular weight is 255 g/mol. The van der Waals surface area contributed by atoms with Crippen LogP contribution in [0.25, 0.3) is 0 Å². The van der Waals surface area contributed by atoms with Crippen molar-refractivity contribution >= 4 is 23.4 Å². The van der Waals surface area contributed by atoms with Crippen molar-refractivity contribution in [1.82, 2.24) is 0 Å². The largest absolute Gasteiger partial charge is 0.465 e. The Hall–Kier alpha value is -1.20. The lowest BCUT2D eigenvalue weighted by Crippen LogP contribution is -2.16. The Morgan fingerprint density at radius 1 is 1.47 bits per heavy atom. The van der Waals surface area contributed by atoms with Gasteiger partial charge in [0, 0.05) is 15.8 Å². The quantitative estimate of drug-likeness (QED) is 0.488. The predicted molar refractivity (Wildman–Crippen MR) is 69.2 cm³/mol. The van der Waals surface area contributed by atoms with Crippen LogP contribution in [0.15, 0.2) is 23.1 Å². The smallest absolute Gasteiger partial charge is 0.339 e. The van der Waals surface area contributed by atoms with Crippen LogP contribution in [0.4, 0.5) is 5.69 Å². The van der Waals surface area contributed by atoms with E-state index in [1.807, 2.05) is 6.92 Å². The molecule has 1 aromatic rings. The minimum absolute atomic E-state index is 0.0527. The number of methoxy groups -OCH3 is 1. The number of ether oxygens (including phenoxy) is 1. The monoisotopic (exact) mass is 255 g/mol. The highest BCUT2D eigenvalue weighted by Crippen LogP contribution is 2.33. The van der Waals surface area contributed by atoms with E-state index in [4.69, 9.17) is 10.5 Å². The van der Waals surface area contributed by atoms with E-state index in [0.29, 0.717) is 16.1 Å². The normalized spacial score (nSPS) is 14.1. The van der Waals surface area contributed by atoms with Crippen molar-refractivity contribution in [2.24, 2.45) is 0 Å². The second-order valence-corrected chi connectivity index (χ2v) is 5.17. The lowest BCUT2D eigenvalue weighted by atomic mass is 10.2. The zero-order valence-electron chi connectivity index (χ0n) is 10.1. The fourth-order valence-electron chi connectivity index (χ4n) is 1.24. The summed E-state index contributed by atoms with van der Waals surface area (Å²) in [6, 6.07) is 5.10. The lowest BCUT2D eigenvalue weighted by molar-refractivity contribution is 0.0597. The van der Waals surface area contributed by atoms with E-state index in [2.05, 4.69) is 0 Å². The Morgan fingerprint density at radius 3 is 2.65 bits per heavy atom. The molecule has 0 fully saturated rings. The summed E-state index contributed by atoms with van der Waals surface area (Å²) in [5.74, 6) is -0.419. The molecule has 3 N–H and O–H groups in total. The summed E-state index contributed by atoms with van der Waals surface area (Å²) >= 11 is 1.37. The fraction of sp³-hybridized carbons (Fsp3) is 0.417. The molecule has 0 spiro atoms. The maximum atomic E-state index is 11.6. The number of rotatable bonds is 4. The van der Waals surface area contributed by atoms with Gasteiger partial charge >= 0.3 is 5.97 Å². The molecule has 17 heavy (non-hydrogen) atoms. The summed E-state index contributed by atoms with van der Waals surface area (Å²) in [5, 5.41) is 9.43. The Kier molecular flexibility index (Phi) is 4.84. The van der Waals surface area contributed by atoms with Crippen molar-refractivity contribution < 1.29 is 14.6 Å². The van der Waals surface area contributed by atoms with E-state index in [1.54, 1.807) is 25.1 Å². The van der Waals surface area contributed by atoms with Crippen LogP contribution in [0.1, 0.15) is 24.2 Å². The maximum absolute atomic E-state index is 11.6. The van der Waals surface area contributed by atoms with Gasteiger partial charge in [-0.1, -0.05) is 13.0 Å². The number of thioether (sulfide) groups is 1. The third-order valence-corrected chi connectivity index (χ3v) is 3.89. The molecule has 0 bridgehead atoms. The first-order valence-corrected chi connectivity index (χ1v) is 6.16. The molecule has 0 saturated heterocycles. The summed E-state index contributed by atoms with van der Waals surface area (Å²) in [7, 11) is 1.33. The number of hydrogen-bond acceptors (Lipinski definition) is 5. The van der Waals surface area contributed by atoms with Gasteiger partial charge in [0.2, 0.25) is 0 Å². The number of benzene rings is 1. The molecule has 0 aliphatic heterocycles. The number of carbonyl (C=O) groups excluding carboxylic acids is 1. The second kappa shape index (κ2) is 5.93. The number of aliphatic hydroxyl groups excluding tert-OH is 1. The van der Waals surface area contributed by atoms with Crippen LogP contribution in [0, 0.1) is 0 Å². The molecule has 2 atom stereocenters. The van der Waals surface area contributed by atoms with Crippen LogP contribution < -0.4 is 5.73 Å². The molecular weight excluding hydrogens is 238 g/mol. The molecule has 5 heteroatoms. The third kappa shape index (κ3) is 3.38. The van der Waals surface area contributed by atoms with Crippen molar-refractivity contribution in [2.45, 2.75) is 30.1 Å². The molecule has 0 aliphatic carbocycles. The molecule has 2 unspecified atom stereocenters. The van der Waals surface area contributed by atoms with E-state index in [9.17, 15) is 9.90 Å². The molecule has 0 radical (unpaired) electrons. The van der Waals surface area contributed by atoms with Crippen molar-refractivity contribution in [3.8, 4) is 0 Å². The minimum atomic E-state index is -0.481. The van der Waals surface area contributed by atoms with Crippen molar-refractivity contribution in [1.29, 1.82) is 0 Å². The first kappa shape index (κ1) is 13.9. The molecule has 0 amide bonds. The zero-order chi connectivity index (χ0) is 13.0. The van der Waals surface area contributed by atoms with E-state index in [1.165, 1.54) is 18.9 Å². The van der Waals surface area contributed by atoms with Gasteiger partial charge in [-0.15, -0.1) is 11.8 Å². The van der Waals surface area contributed by atoms with Gasteiger partial charge in [0.05, 0.1) is 18.8 Å². The number of esters is 1. The molecular formula is C12H17NO3S. The van der Waals surface area contributed by atoms with Crippen LogP contribution in [-0.2, 0) is 4.74 Å². The van der Waals surface area contributed by atoms with E-state index in [-0.39, 0.29) is 5.25 Å². The number of nitrogens with two attached hydrogens (primary N) is 1. The van der Waals surface area contributed by atoms with Gasteiger partial charge in [0.1, 0.15) is 0 Å². The molecule has 0 aromatic heterocycles. The Morgan fingerprint density at radius 2 is 2.12 bits per heavy atom. The zero-order valence-corrected chi connectivity index (χ0v) is 11.0. The molecule has 0 saturated carbocycles. The van der Waals surface area contributed by atoms with Crippen LogP contribution in [0.5, 0.6) is 0 Å². The summed E-state index contributed by atoms with van der Waals surface area (Å²) < 4.78 is 4.70. The van der Waals surface area contributed by atoms with Gasteiger partial charge in [0.25, 0.3) is 0 Å². The summed E-state index contributed by atoms with van der Waals surface area (Å²) in [5.41, 5.74) is 6.81. The second-order valence-electron chi connectivity index (χ2n) is 3.78. The van der Waals surface area contributed by atoms with Crippen molar-refractivity contribution in [3.63, 3.8) is 0 Å². The highest BCUT2D eigenvalue weighted by Gasteiger charge is 2.19. The Labute approximate surface area is 105 Å². The van der Waals surface area contributed by atoms with Crippen LogP contribution in [-0.4, -0.2) is 29.5 Å². The van der Waals surface area contributed by atoms with Gasteiger partial charge in [-0.05, 0) is 19.1 Å². The summed E-state index contributed by atoms with van der Waals surface area (Å²) in [6.07, 6.45) is -0.481. The minimum Gasteiger partial charge on any atom is -0.465 e. The van der Waals surface area contributed by atoms with Gasteiger partial charge < -0.3 is 15.6 Å². The molecule has 4 nitrogen and oxygen atoms in total. The van der Waals surface area contributed by atoms with E-state index in [0.717, 1.165) is 0 Å². The highest BCUT2D eigenvalue weighted by molar-refractivity contribution is 8.00. The first-order valence-electron chi connectivity index (χ1n) is 5.29. The van der Waals surface area contributed by atoms with Gasteiger partial charge in [-0.2, -0.15) is 0 Å². The van der Waals surface area contributed by atoms with E-state index >= 15 is 0 Å². The van der Waals surface area contributed by atoms with E-state index < -0.39 is 12.1 Å². The number of hydrogen-bond donors (Lipinski definition) is 2. The van der Waals surface area contributed by atoms with Gasteiger partial charge in [0.15, 0.2) is 0 Å².